The van der Waals surface area contributed by atoms with Gasteiger partial charge in [-0.15, -0.1) is 0 Å². The lowest BCUT2D eigenvalue weighted by Gasteiger charge is -2.20. The van der Waals surface area contributed by atoms with Crippen LogP contribution in [-0.2, 0) is 11.4 Å². The van der Waals surface area contributed by atoms with Gasteiger partial charge in [-0.3, -0.25) is 14.6 Å². The van der Waals surface area contributed by atoms with E-state index in [1.165, 1.54) is 6.07 Å². The summed E-state index contributed by atoms with van der Waals surface area (Å²) in [5, 5.41) is 3.67. The summed E-state index contributed by atoms with van der Waals surface area (Å²) in [5.74, 6) is -1.19. The van der Waals surface area contributed by atoms with E-state index in [9.17, 15) is 9.59 Å². The highest BCUT2D eigenvalue weighted by Crippen LogP contribution is 2.34. The van der Waals surface area contributed by atoms with Gasteiger partial charge in [-0.2, -0.15) is 0 Å². The Morgan fingerprint density at radius 2 is 1.82 bits per heavy atom. The van der Waals surface area contributed by atoms with Crippen molar-refractivity contribution in [1.82, 2.24) is 10.3 Å². The molecule has 0 spiro atoms. The Labute approximate surface area is 168 Å². The van der Waals surface area contributed by atoms with Crippen LogP contribution in [0.15, 0.2) is 54.7 Å². The summed E-state index contributed by atoms with van der Waals surface area (Å²) in [6.45, 7) is 5.65. The zero-order valence-corrected chi connectivity index (χ0v) is 16.7. The Morgan fingerprint density at radius 3 is 2.50 bits per heavy atom. The molecule has 0 saturated heterocycles. The van der Waals surface area contributed by atoms with E-state index < -0.39 is 17.2 Å². The summed E-state index contributed by atoms with van der Waals surface area (Å²) >= 11 is 6.35. The van der Waals surface area contributed by atoms with Crippen molar-refractivity contribution in [3.63, 3.8) is 0 Å². The van der Waals surface area contributed by atoms with Crippen LogP contribution in [0.1, 0.15) is 36.7 Å². The van der Waals surface area contributed by atoms with Gasteiger partial charge in [0.25, 0.3) is 11.7 Å². The third-order valence-corrected chi connectivity index (χ3v) is 4.27. The average Bonchev–Trinajstić information content (AvgIpc) is 2.66. The molecular weight excluding hydrogens is 376 g/mol. The minimum Gasteiger partial charge on any atom is -0.486 e. The van der Waals surface area contributed by atoms with Gasteiger partial charge in [0.15, 0.2) is 5.75 Å². The van der Waals surface area contributed by atoms with E-state index in [-0.39, 0.29) is 17.9 Å². The molecule has 2 aromatic carbocycles. The normalized spacial score (nSPS) is 11.3. The number of amides is 1. The highest BCUT2D eigenvalue weighted by atomic mass is 35.5. The number of hydrogen-bond acceptors (Lipinski definition) is 4. The number of halogens is 1. The number of nitrogens with one attached hydrogen (secondary N) is 1. The van der Waals surface area contributed by atoms with Crippen molar-refractivity contribution < 1.29 is 14.3 Å². The molecule has 1 heterocycles. The van der Waals surface area contributed by atoms with Gasteiger partial charge in [-0.05, 0) is 44.5 Å². The van der Waals surface area contributed by atoms with Crippen molar-refractivity contribution in [2.45, 2.75) is 32.9 Å². The molecule has 0 fully saturated rings. The maximum atomic E-state index is 12.9. The zero-order chi connectivity index (χ0) is 20.3. The summed E-state index contributed by atoms with van der Waals surface area (Å²) in [6, 6.07) is 14.6. The zero-order valence-electron chi connectivity index (χ0n) is 16.0. The van der Waals surface area contributed by atoms with E-state index in [2.05, 4.69) is 10.3 Å². The third kappa shape index (κ3) is 4.49. The van der Waals surface area contributed by atoms with E-state index in [0.717, 1.165) is 5.56 Å². The second-order valence-electron chi connectivity index (χ2n) is 7.44. The molecule has 0 saturated carbocycles. The minimum atomic E-state index is -0.719. The molecule has 0 bridgehead atoms. The lowest BCUT2D eigenvalue weighted by molar-refractivity contribution is -0.118. The second kappa shape index (κ2) is 7.98. The number of carbonyl (C=O) groups is 2. The monoisotopic (exact) mass is 396 g/mol. The minimum absolute atomic E-state index is 0.0916. The summed E-state index contributed by atoms with van der Waals surface area (Å²) in [6.07, 6.45) is 1.59. The molecule has 6 heteroatoms. The molecule has 0 unspecified atom stereocenters. The first-order valence-electron chi connectivity index (χ1n) is 8.87. The van der Waals surface area contributed by atoms with Crippen LogP contribution in [0.5, 0.6) is 5.75 Å². The Kier molecular flexibility index (Phi) is 5.66. The highest BCUT2D eigenvalue weighted by molar-refractivity contribution is 6.45. The average molecular weight is 397 g/mol. The van der Waals surface area contributed by atoms with Crippen molar-refractivity contribution in [2.75, 3.05) is 0 Å². The van der Waals surface area contributed by atoms with Crippen molar-refractivity contribution in [1.29, 1.82) is 0 Å². The van der Waals surface area contributed by atoms with Crippen LogP contribution in [0.25, 0.3) is 10.9 Å². The Morgan fingerprint density at radius 1 is 1.11 bits per heavy atom. The van der Waals surface area contributed by atoms with Gasteiger partial charge in [-0.1, -0.05) is 41.9 Å². The number of nitrogens with zero attached hydrogens (tertiary/aromatic N) is 1. The number of rotatable bonds is 5. The first-order valence-corrected chi connectivity index (χ1v) is 9.25. The highest BCUT2D eigenvalue weighted by Gasteiger charge is 2.27. The number of fused-ring (bicyclic) bond motifs is 1. The van der Waals surface area contributed by atoms with Gasteiger partial charge < -0.3 is 10.1 Å². The summed E-state index contributed by atoms with van der Waals surface area (Å²) in [7, 11) is 0. The maximum Gasteiger partial charge on any atom is 0.292 e. The van der Waals surface area contributed by atoms with Gasteiger partial charge in [0.2, 0.25) is 0 Å². The predicted octanol–water partition coefficient (Wildman–Crippen LogP) is 4.56. The van der Waals surface area contributed by atoms with Gasteiger partial charge in [0.1, 0.15) is 12.1 Å². The number of ketones is 1. The van der Waals surface area contributed by atoms with Crippen molar-refractivity contribution >= 4 is 34.2 Å². The quantitative estimate of drug-likeness (QED) is 0.507. The van der Waals surface area contributed by atoms with Crippen molar-refractivity contribution in [3.8, 4) is 5.75 Å². The maximum absolute atomic E-state index is 12.9. The van der Waals surface area contributed by atoms with E-state index in [0.29, 0.717) is 15.9 Å². The molecule has 0 aliphatic rings. The molecule has 5 nitrogen and oxygen atoms in total. The molecule has 3 rings (SSSR count). The van der Waals surface area contributed by atoms with Crippen LogP contribution in [0.2, 0.25) is 5.02 Å². The van der Waals surface area contributed by atoms with E-state index in [1.807, 2.05) is 30.3 Å². The number of benzene rings is 2. The largest absolute Gasteiger partial charge is 0.486 e. The Hall–Kier alpha value is -2.92. The summed E-state index contributed by atoms with van der Waals surface area (Å²) < 4.78 is 5.97. The van der Waals surface area contributed by atoms with Crippen LogP contribution in [-0.4, -0.2) is 22.2 Å². The van der Waals surface area contributed by atoms with Gasteiger partial charge in [0.05, 0.1) is 10.6 Å². The fourth-order valence-corrected chi connectivity index (χ4v) is 3.00. The molecular formula is C22H21ClN2O3. The number of ether oxygens (including phenoxy) is 1. The topological polar surface area (TPSA) is 68.3 Å². The molecule has 0 aliphatic heterocycles. The molecule has 3 aromatic rings. The number of carbonyl (C=O) groups excluding carboxylic acids is 2. The molecule has 144 valence electrons. The smallest absolute Gasteiger partial charge is 0.292 e. The van der Waals surface area contributed by atoms with Crippen LogP contribution < -0.4 is 10.1 Å². The molecule has 28 heavy (non-hydrogen) atoms. The number of Topliss-reactive ketones (excluding diaryl/α,β-unsaturated/α-hetero) is 1. The molecule has 0 radical (unpaired) electrons. The molecule has 1 N–H and O–H groups in total. The van der Waals surface area contributed by atoms with E-state index >= 15 is 0 Å². The van der Waals surface area contributed by atoms with Gasteiger partial charge >= 0.3 is 0 Å². The molecule has 1 amide bonds. The van der Waals surface area contributed by atoms with Crippen LogP contribution in [0.3, 0.4) is 0 Å². The van der Waals surface area contributed by atoms with E-state index in [1.54, 1.807) is 39.1 Å². The number of pyridine rings is 1. The van der Waals surface area contributed by atoms with Gasteiger partial charge in [0, 0.05) is 17.1 Å². The number of aromatic nitrogens is 1. The van der Waals surface area contributed by atoms with Crippen molar-refractivity contribution in [2.24, 2.45) is 0 Å². The summed E-state index contributed by atoms with van der Waals surface area (Å²) in [4.78, 5) is 29.7. The standard InChI is InChI=1S/C22H21ClN2O3/c1-22(2,3)25-21(27)19(26)16-12-17(23)15-10-7-11-24-18(15)20(16)28-13-14-8-5-4-6-9-14/h4-12H,13H2,1-3H3,(H,25,27). The summed E-state index contributed by atoms with van der Waals surface area (Å²) in [5.41, 5.74) is 0.919. The van der Waals surface area contributed by atoms with Gasteiger partial charge in [-0.25, -0.2) is 0 Å². The van der Waals surface area contributed by atoms with Crippen molar-refractivity contribution in [3.05, 3.63) is 70.9 Å². The fourth-order valence-electron chi connectivity index (χ4n) is 2.74. The third-order valence-electron chi connectivity index (χ3n) is 3.96. The predicted molar refractivity (Wildman–Crippen MR) is 110 cm³/mol. The van der Waals surface area contributed by atoms with E-state index in [4.69, 9.17) is 16.3 Å². The second-order valence-corrected chi connectivity index (χ2v) is 7.85. The fraction of sp³-hybridized carbons (Fsp3) is 0.227. The molecule has 0 aliphatic carbocycles. The first-order chi connectivity index (χ1) is 13.3. The van der Waals surface area contributed by atoms with Crippen LogP contribution in [0, 0.1) is 0 Å². The number of hydrogen-bond donors (Lipinski definition) is 1. The van der Waals surface area contributed by atoms with Crippen LogP contribution in [0.4, 0.5) is 0 Å². The Bertz CT molecular complexity index is 1030. The first kappa shape index (κ1) is 19.8. The van der Waals surface area contributed by atoms with Crippen LogP contribution >= 0.6 is 11.6 Å². The molecule has 0 atom stereocenters. The molecule has 1 aromatic heterocycles. The Balaban J connectivity index is 2.05. The lowest BCUT2D eigenvalue weighted by Crippen LogP contribution is -2.44. The lowest BCUT2D eigenvalue weighted by atomic mass is 10.0. The SMILES string of the molecule is CC(C)(C)NC(=O)C(=O)c1cc(Cl)c2cccnc2c1OCc1ccccc1.